The molecule has 0 bridgehead atoms. The van der Waals surface area contributed by atoms with Gasteiger partial charge < -0.3 is 14.4 Å². The Morgan fingerprint density at radius 1 is 1.00 bits per heavy atom. The van der Waals surface area contributed by atoms with Gasteiger partial charge in [-0.25, -0.2) is 8.42 Å². The molecule has 0 spiro atoms. The summed E-state index contributed by atoms with van der Waals surface area (Å²) in [6.07, 6.45) is 0.179. The Balaban J connectivity index is 1.54. The van der Waals surface area contributed by atoms with Gasteiger partial charge in [0.1, 0.15) is 11.5 Å². The molecule has 164 valence electrons. The standard InChI is InChI=1S/C22H24N2O5S2/c1-28-17-7-3-15(4-8-17)11-21(25)23-22-24(12-16-5-9-18(29-2)10-6-16)19-13-31(26,27)14-20(19)30-22/h3-10,19-20H,11-14H2,1-2H3/t19-,20-/m1/s1. The van der Waals surface area contributed by atoms with Gasteiger partial charge in [-0.15, -0.1) is 0 Å². The van der Waals surface area contributed by atoms with Crippen LogP contribution in [0.3, 0.4) is 0 Å². The van der Waals surface area contributed by atoms with Crippen LogP contribution < -0.4 is 9.47 Å². The first-order valence-corrected chi connectivity index (χ1v) is 12.6. The smallest absolute Gasteiger partial charge is 0.252 e. The number of fused-ring (bicyclic) bond motifs is 1. The Morgan fingerprint density at radius 3 is 2.16 bits per heavy atom. The van der Waals surface area contributed by atoms with Gasteiger partial charge in [-0.05, 0) is 35.4 Å². The van der Waals surface area contributed by atoms with Crippen molar-refractivity contribution in [2.75, 3.05) is 25.7 Å². The Morgan fingerprint density at radius 2 is 1.58 bits per heavy atom. The second-order valence-corrected chi connectivity index (χ2v) is 10.9. The van der Waals surface area contributed by atoms with Crippen LogP contribution in [-0.4, -0.2) is 61.4 Å². The molecule has 2 aliphatic heterocycles. The normalized spacial score (nSPS) is 23.0. The van der Waals surface area contributed by atoms with Crippen molar-refractivity contribution in [1.29, 1.82) is 0 Å². The van der Waals surface area contributed by atoms with Crippen LogP contribution >= 0.6 is 11.8 Å². The van der Waals surface area contributed by atoms with Gasteiger partial charge in [0.2, 0.25) is 0 Å². The number of ether oxygens (including phenoxy) is 2. The molecule has 2 aromatic rings. The SMILES string of the molecule is COc1ccc(CC(=O)N=C2S[C@@H]3CS(=O)(=O)C[C@H]3N2Cc2ccc(OC)cc2)cc1. The van der Waals surface area contributed by atoms with E-state index in [-0.39, 0.29) is 35.1 Å². The minimum Gasteiger partial charge on any atom is -0.497 e. The Labute approximate surface area is 186 Å². The number of amidine groups is 1. The molecule has 1 amide bonds. The minimum atomic E-state index is -3.08. The number of rotatable bonds is 6. The van der Waals surface area contributed by atoms with Gasteiger partial charge in [-0.2, -0.15) is 4.99 Å². The number of sulfone groups is 1. The van der Waals surface area contributed by atoms with Gasteiger partial charge in [0.25, 0.3) is 5.91 Å². The molecule has 0 N–H and O–H groups in total. The van der Waals surface area contributed by atoms with Gasteiger partial charge in [-0.3, -0.25) is 4.79 Å². The third kappa shape index (κ3) is 5.04. The van der Waals surface area contributed by atoms with E-state index in [0.29, 0.717) is 11.7 Å². The topological polar surface area (TPSA) is 85.3 Å². The molecule has 0 aliphatic carbocycles. The van der Waals surface area contributed by atoms with Gasteiger partial charge >= 0.3 is 0 Å². The zero-order chi connectivity index (χ0) is 22.0. The first kappa shape index (κ1) is 21.7. The van der Waals surface area contributed by atoms with Crippen LogP contribution in [0.5, 0.6) is 11.5 Å². The molecule has 2 heterocycles. The summed E-state index contributed by atoms with van der Waals surface area (Å²) in [5.41, 5.74) is 1.85. The molecular weight excluding hydrogens is 436 g/mol. The van der Waals surface area contributed by atoms with Gasteiger partial charge in [-0.1, -0.05) is 36.0 Å². The molecule has 0 saturated carbocycles. The first-order valence-electron chi connectivity index (χ1n) is 9.88. The summed E-state index contributed by atoms with van der Waals surface area (Å²) in [6, 6.07) is 14.7. The highest BCUT2D eigenvalue weighted by Gasteiger charge is 2.48. The summed E-state index contributed by atoms with van der Waals surface area (Å²) in [5.74, 6) is 1.44. The van der Waals surface area contributed by atoms with Crippen molar-refractivity contribution >= 4 is 32.7 Å². The number of amides is 1. The van der Waals surface area contributed by atoms with E-state index in [4.69, 9.17) is 9.47 Å². The van der Waals surface area contributed by atoms with E-state index in [0.717, 1.165) is 22.6 Å². The maximum absolute atomic E-state index is 12.7. The number of benzene rings is 2. The van der Waals surface area contributed by atoms with Crippen LogP contribution in [-0.2, 0) is 27.6 Å². The van der Waals surface area contributed by atoms with Crippen LogP contribution in [0.1, 0.15) is 11.1 Å². The van der Waals surface area contributed by atoms with Crippen LogP contribution in [0.25, 0.3) is 0 Å². The quantitative estimate of drug-likeness (QED) is 0.655. The fourth-order valence-electron chi connectivity index (χ4n) is 3.81. The predicted octanol–water partition coefficient (Wildman–Crippen LogP) is 2.54. The lowest BCUT2D eigenvalue weighted by molar-refractivity contribution is -0.117. The van der Waals surface area contributed by atoms with E-state index >= 15 is 0 Å². The number of hydrogen-bond acceptors (Lipinski definition) is 6. The number of hydrogen-bond donors (Lipinski definition) is 0. The first-order chi connectivity index (χ1) is 14.9. The highest BCUT2D eigenvalue weighted by Crippen LogP contribution is 2.39. The van der Waals surface area contributed by atoms with Crippen molar-refractivity contribution in [3.8, 4) is 11.5 Å². The fourth-order valence-corrected chi connectivity index (χ4v) is 7.78. The van der Waals surface area contributed by atoms with Crippen molar-refractivity contribution in [3.63, 3.8) is 0 Å². The highest BCUT2D eigenvalue weighted by molar-refractivity contribution is 8.15. The molecule has 2 fully saturated rings. The van der Waals surface area contributed by atoms with Crippen molar-refractivity contribution in [2.24, 2.45) is 4.99 Å². The molecule has 2 atom stereocenters. The van der Waals surface area contributed by atoms with E-state index in [1.54, 1.807) is 14.2 Å². The molecule has 31 heavy (non-hydrogen) atoms. The van der Waals surface area contributed by atoms with Crippen LogP contribution in [0.4, 0.5) is 0 Å². The van der Waals surface area contributed by atoms with Gasteiger partial charge in [0.15, 0.2) is 15.0 Å². The lowest BCUT2D eigenvalue weighted by Crippen LogP contribution is -2.37. The number of methoxy groups -OCH3 is 2. The summed E-state index contributed by atoms with van der Waals surface area (Å²) in [7, 11) is 0.123. The molecule has 2 saturated heterocycles. The van der Waals surface area contributed by atoms with E-state index in [9.17, 15) is 13.2 Å². The monoisotopic (exact) mass is 460 g/mol. The summed E-state index contributed by atoms with van der Waals surface area (Å²) >= 11 is 1.39. The Kier molecular flexibility index (Phi) is 6.24. The van der Waals surface area contributed by atoms with Gasteiger partial charge in [0, 0.05) is 11.8 Å². The van der Waals surface area contributed by atoms with Crippen LogP contribution in [0, 0.1) is 0 Å². The number of carbonyl (C=O) groups is 1. The fraction of sp³-hybridized carbons (Fsp3) is 0.364. The summed E-state index contributed by atoms with van der Waals surface area (Å²) in [5, 5.41) is 0.495. The van der Waals surface area contributed by atoms with Gasteiger partial charge in [0.05, 0.1) is 38.2 Å². The van der Waals surface area contributed by atoms with E-state index < -0.39 is 9.84 Å². The third-order valence-corrected chi connectivity index (χ3v) is 8.67. The second kappa shape index (κ2) is 8.92. The zero-order valence-electron chi connectivity index (χ0n) is 17.4. The average molecular weight is 461 g/mol. The average Bonchev–Trinajstić information content (AvgIpc) is 3.21. The van der Waals surface area contributed by atoms with E-state index in [1.807, 2.05) is 53.4 Å². The second-order valence-electron chi connectivity index (χ2n) is 7.59. The largest absolute Gasteiger partial charge is 0.497 e. The molecule has 2 aliphatic rings. The van der Waals surface area contributed by atoms with Crippen LogP contribution in [0.15, 0.2) is 53.5 Å². The lowest BCUT2D eigenvalue weighted by Gasteiger charge is -2.24. The summed E-state index contributed by atoms with van der Waals surface area (Å²) in [6.45, 7) is 0.488. The molecule has 0 unspecified atom stereocenters. The molecule has 2 aromatic carbocycles. The molecule has 0 aromatic heterocycles. The molecule has 7 nitrogen and oxygen atoms in total. The Bertz CT molecular complexity index is 1080. The highest BCUT2D eigenvalue weighted by atomic mass is 32.2. The maximum Gasteiger partial charge on any atom is 0.252 e. The summed E-state index contributed by atoms with van der Waals surface area (Å²) < 4.78 is 34.7. The van der Waals surface area contributed by atoms with Crippen molar-refractivity contribution in [1.82, 2.24) is 4.90 Å². The predicted molar refractivity (Wildman–Crippen MR) is 121 cm³/mol. The lowest BCUT2D eigenvalue weighted by atomic mass is 10.1. The zero-order valence-corrected chi connectivity index (χ0v) is 19.0. The van der Waals surface area contributed by atoms with Crippen molar-refractivity contribution in [3.05, 3.63) is 59.7 Å². The van der Waals surface area contributed by atoms with Crippen molar-refractivity contribution < 1.29 is 22.7 Å². The number of carbonyl (C=O) groups excluding carboxylic acids is 1. The number of thioether (sulfide) groups is 1. The molecule has 4 rings (SSSR count). The summed E-state index contributed by atoms with van der Waals surface area (Å²) in [4.78, 5) is 19.0. The number of nitrogens with zero attached hydrogens (tertiary/aromatic N) is 2. The minimum absolute atomic E-state index is 0.0898. The van der Waals surface area contributed by atoms with E-state index in [1.165, 1.54) is 11.8 Å². The van der Waals surface area contributed by atoms with E-state index in [2.05, 4.69) is 4.99 Å². The van der Waals surface area contributed by atoms with Crippen molar-refractivity contribution in [2.45, 2.75) is 24.3 Å². The number of aliphatic imine (C=N–C) groups is 1. The van der Waals surface area contributed by atoms with Crippen LogP contribution in [0.2, 0.25) is 0 Å². The molecule has 0 radical (unpaired) electrons. The molecular formula is C22H24N2O5S2. The maximum atomic E-state index is 12.7. The molecule has 9 heteroatoms. The Hall–Kier alpha value is -2.52. The third-order valence-electron chi connectivity index (χ3n) is 5.42.